The number of methoxy groups -OCH3 is 1. The summed E-state index contributed by atoms with van der Waals surface area (Å²) in [4.78, 5) is 11.7. The Morgan fingerprint density at radius 1 is 1.41 bits per heavy atom. The summed E-state index contributed by atoms with van der Waals surface area (Å²) in [7, 11) is 1.60. The van der Waals surface area contributed by atoms with Crippen molar-refractivity contribution in [2.45, 2.75) is 19.8 Å². The van der Waals surface area contributed by atoms with Gasteiger partial charge in [-0.3, -0.25) is 0 Å². The zero-order valence-corrected chi connectivity index (χ0v) is 11.3. The average molecular weight is 297 g/mol. The molecule has 0 aliphatic carbocycles. The standard InChI is InChI=1S/C13H13BrO3/c1-3-4-5-11-8-7-12(16-2)10(14)6-9(8)13(15)17-11/h5-7H,3-4H2,1-2H3/b11-5-. The van der Waals surface area contributed by atoms with E-state index in [9.17, 15) is 4.79 Å². The number of unbranched alkanes of at least 4 members (excludes halogenated alkanes) is 1. The number of esters is 1. The van der Waals surface area contributed by atoms with Crippen LogP contribution in [0.1, 0.15) is 35.7 Å². The third kappa shape index (κ3) is 2.22. The van der Waals surface area contributed by atoms with Crippen LogP contribution in [0, 0.1) is 0 Å². The number of hydrogen-bond acceptors (Lipinski definition) is 3. The molecule has 1 aromatic carbocycles. The number of rotatable bonds is 3. The molecule has 4 heteroatoms. The highest BCUT2D eigenvalue weighted by atomic mass is 79.9. The second-order valence-electron chi connectivity index (χ2n) is 3.78. The normalized spacial score (nSPS) is 15.9. The third-order valence-electron chi connectivity index (χ3n) is 2.60. The first-order valence-electron chi connectivity index (χ1n) is 5.47. The maximum absolute atomic E-state index is 11.7. The van der Waals surface area contributed by atoms with Crippen molar-refractivity contribution in [2.24, 2.45) is 0 Å². The molecule has 1 heterocycles. The van der Waals surface area contributed by atoms with E-state index >= 15 is 0 Å². The van der Waals surface area contributed by atoms with E-state index in [1.807, 2.05) is 12.1 Å². The second kappa shape index (κ2) is 4.92. The van der Waals surface area contributed by atoms with Crippen LogP contribution in [-0.4, -0.2) is 13.1 Å². The molecule has 0 fully saturated rings. The molecule has 0 radical (unpaired) electrons. The first kappa shape index (κ1) is 12.2. The van der Waals surface area contributed by atoms with Crippen molar-refractivity contribution < 1.29 is 14.3 Å². The fourth-order valence-corrected chi connectivity index (χ4v) is 2.22. The van der Waals surface area contributed by atoms with Crippen LogP contribution in [0.5, 0.6) is 5.75 Å². The summed E-state index contributed by atoms with van der Waals surface area (Å²) >= 11 is 3.36. The maximum Gasteiger partial charge on any atom is 0.344 e. The van der Waals surface area contributed by atoms with Crippen LogP contribution in [0.3, 0.4) is 0 Å². The second-order valence-corrected chi connectivity index (χ2v) is 4.63. The molecule has 0 spiro atoms. The van der Waals surface area contributed by atoms with Gasteiger partial charge in [-0.2, -0.15) is 0 Å². The predicted molar refractivity (Wildman–Crippen MR) is 69.0 cm³/mol. The lowest BCUT2D eigenvalue weighted by Crippen LogP contribution is -1.94. The molecule has 1 aliphatic heterocycles. The molecular formula is C13H13BrO3. The smallest absolute Gasteiger partial charge is 0.344 e. The molecule has 0 aromatic heterocycles. The quantitative estimate of drug-likeness (QED) is 0.797. The van der Waals surface area contributed by atoms with Gasteiger partial charge in [0.2, 0.25) is 0 Å². The molecule has 0 N–H and O–H groups in total. The van der Waals surface area contributed by atoms with Gasteiger partial charge >= 0.3 is 5.97 Å². The van der Waals surface area contributed by atoms with Gasteiger partial charge in [0, 0.05) is 5.56 Å². The van der Waals surface area contributed by atoms with Crippen molar-refractivity contribution >= 4 is 27.7 Å². The topological polar surface area (TPSA) is 35.5 Å². The van der Waals surface area contributed by atoms with Crippen molar-refractivity contribution in [1.29, 1.82) is 0 Å². The van der Waals surface area contributed by atoms with Crippen LogP contribution < -0.4 is 4.74 Å². The molecule has 0 atom stereocenters. The molecule has 2 rings (SSSR count). The monoisotopic (exact) mass is 296 g/mol. The predicted octanol–water partition coefficient (Wildman–Crippen LogP) is 3.77. The molecule has 0 amide bonds. The number of cyclic esters (lactones) is 1. The number of carbonyl (C=O) groups is 1. The van der Waals surface area contributed by atoms with E-state index in [1.165, 1.54) is 0 Å². The summed E-state index contributed by atoms with van der Waals surface area (Å²) < 4.78 is 11.2. The van der Waals surface area contributed by atoms with Crippen LogP contribution in [0.4, 0.5) is 0 Å². The minimum absolute atomic E-state index is 0.300. The van der Waals surface area contributed by atoms with Crippen LogP contribution in [0.2, 0.25) is 0 Å². The van der Waals surface area contributed by atoms with Crippen molar-refractivity contribution in [2.75, 3.05) is 7.11 Å². The minimum Gasteiger partial charge on any atom is -0.496 e. The SMILES string of the molecule is CCC/C=C1\OC(=O)c2cc(Br)c(OC)cc21. The van der Waals surface area contributed by atoms with E-state index < -0.39 is 0 Å². The van der Waals surface area contributed by atoms with Crippen LogP contribution >= 0.6 is 15.9 Å². The van der Waals surface area contributed by atoms with E-state index in [4.69, 9.17) is 9.47 Å². The number of hydrogen-bond donors (Lipinski definition) is 0. The van der Waals surface area contributed by atoms with Crippen molar-refractivity contribution in [3.05, 3.63) is 33.8 Å². The zero-order chi connectivity index (χ0) is 12.4. The minimum atomic E-state index is -0.300. The van der Waals surface area contributed by atoms with E-state index in [0.29, 0.717) is 17.1 Å². The lowest BCUT2D eigenvalue weighted by molar-refractivity contribution is 0.0715. The molecular weight excluding hydrogens is 284 g/mol. The summed E-state index contributed by atoms with van der Waals surface area (Å²) in [5.41, 5.74) is 1.39. The van der Waals surface area contributed by atoms with Gasteiger partial charge in [-0.05, 0) is 40.6 Å². The highest BCUT2D eigenvalue weighted by molar-refractivity contribution is 9.10. The van der Waals surface area contributed by atoms with Crippen molar-refractivity contribution in [3.63, 3.8) is 0 Å². The van der Waals surface area contributed by atoms with Gasteiger partial charge in [0.15, 0.2) is 0 Å². The Labute approximate surface area is 109 Å². The first-order valence-corrected chi connectivity index (χ1v) is 6.27. The fraction of sp³-hybridized carbons (Fsp3) is 0.308. The van der Waals surface area contributed by atoms with Gasteiger partial charge in [0.1, 0.15) is 11.5 Å². The van der Waals surface area contributed by atoms with Crippen LogP contribution in [0.15, 0.2) is 22.7 Å². The Balaban J connectivity index is 2.49. The summed E-state index contributed by atoms with van der Waals surface area (Å²) in [6, 6.07) is 3.56. The molecule has 1 aliphatic rings. The molecule has 0 saturated carbocycles. The highest BCUT2D eigenvalue weighted by Crippen LogP contribution is 2.37. The van der Waals surface area contributed by atoms with Gasteiger partial charge in [0.25, 0.3) is 0 Å². The summed E-state index contributed by atoms with van der Waals surface area (Å²) in [6.45, 7) is 2.08. The maximum atomic E-state index is 11.7. The van der Waals surface area contributed by atoms with Crippen molar-refractivity contribution in [3.8, 4) is 5.75 Å². The lowest BCUT2D eigenvalue weighted by Gasteiger charge is -2.04. The summed E-state index contributed by atoms with van der Waals surface area (Å²) in [5.74, 6) is 1.04. The molecule has 0 unspecified atom stereocenters. The van der Waals surface area contributed by atoms with E-state index in [0.717, 1.165) is 22.9 Å². The zero-order valence-electron chi connectivity index (χ0n) is 9.75. The van der Waals surface area contributed by atoms with E-state index in [1.54, 1.807) is 13.2 Å². The Morgan fingerprint density at radius 2 is 2.18 bits per heavy atom. The Kier molecular flexibility index (Phi) is 3.52. The van der Waals surface area contributed by atoms with Crippen LogP contribution in [-0.2, 0) is 4.74 Å². The summed E-state index contributed by atoms with van der Waals surface area (Å²) in [5, 5.41) is 0. The van der Waals surface area contributed by atoms with Gasteiger partial charge < -0.3 is 9.47 Å². The van der Waals surface area contributed by atoms with Gasteiger partial charge in [-0.25, -0.2) is 4.79 Å². The molecule has 90 valence electrons. The summed E-state index contributed by atoms with van der Waals surface area (Å²) in [6.07, 6.45) is 3.85. The van der Waals surface area contributed by atoms with Gasteiger partial charge in [-0.15, -0.1) is 0 Å². The fourth-order valence-electron chi connectivity index (χ4n) is 1.72. The first-order chi connectivity index (χ1) is 8.17. The van der Waals surface area contributed by atoms with E-state index in [-0.39, 0.29) is 5.97 Å². The number of halogens is 1. The Hall–Kier alpha value is -1.29. The number of allylic oxidation sites excluding steroid dienone is 1. The largest absolute Gasteiger partial charge is 0.496 e. The number of ether oxygens (including phenoxy) is 2. The molecule has 1 aromatic rings. The van der Waals surface area contributed by atoms with Crippen molar-refractivity contribution in [1.82, 2.24) is 0 Å². The molecule has 17 heavy (non-hydrogen) atoms. The van der Waals surface area contributed by atoms with E-state index in [2.05, 4.69) is 22.9 Å². The Bertz CT molecular complexity index is 492. The van der Waals surface area contributed by atoms with Gasteiger partial charge in [-0.1, -0.05) is 13.3 Å². The molecule has 0 saturated heterocycles. The number of benzene rings is 1. The average Bonchev–Trinajstić information content (AvgIpc) is 2.62. The lowest BCUT2D eigenvalue weighted by atomic mass is 10.1. The third-order valence-corrected chi connectivity index (χ3v) is 3.22. The highest BCUT2D eigenvalue weighted by Gasteiger charge is 2.27. The number of fused-ring (bicyclic) bond motifs is 1. The van der Waals surface area contributed by atoms with Crippen LogP contribution in [0.25, 0.3) is 5.76 Å². The number of carbonyl (C=O) groups excluding carboxylic acids is 1. The van der Waals surface area contributed by atoms with Gasteiger partial charge in [0.05, 0.1) is 17.1 Å². The Morgan fingerprint density at radius 3 is 2.82 bits per heavy atom. The molecule has 3 nitrogen and oxygen atoms in total. The molecule has 0 bridgehead atoms.